The van der Waals surface area contributed by atoms with Gasteiger partial charge < -0.3 is 34.9 Å². The van der Waals surface area contributed by atoms with Crippen LogP contribution < -0.4 is 16.0 Å². The highest BCUT2D eigenvalue weighted by atomic mass is 16.5. The number of carbonyl (C=O) groups is 2. The van der Waals surface area contributed by atoms with Crippen LogP contribution in [0.25, 0.3) is 0 Å². The minimum atomic E-state index is -0.560. The second-order valence-corrected chi connectivity index (χ2v) is 16.4. The van der Waals surface area contributed by atoms with Crippen LogP contribution >= 0.6 is 0 Å². The highest BCUT2D eigenvalue weighted by Crippen LogP contribution is 2.26. The first kappa shape index (κ1) is 43.7. The maximum atomic E-state index is 13.0. The second kappa shape index (κ2) is 19.5. The summed E-state index contributed by atoms with van der Waals surface area (Å²) in [4.78, 5) is 25.9. The highest BCUT2D eigenvalue weighted by molar-refractivity contribution is 5.82. The van der Waals surface area contributed by atoms with Crippen LogP contribution in [0.2, 0.25) is 0 Å². The lowest BCUT2D eigenvalue weighted by Crippen LogP contribution is -2.42. The summed E-state index contributed by atoms with van der Waals surface area (Å²) < 4.78 is 24.0. The Morgan fingerprint density at radius 1 is 0.511 bits per heavy atom. The summed E-state index contributed by atoms with van der Waals surface area (Å²) in [6, 6.07) is 0. The molecule has 45 heavy (non-hydrogen) atoms. The van der Waals surface area contributed by atoms with Gasteiger partial charge in [-0.2, -0.15) is 0 Å². The smallest absolute Gasteiger partial charge is 0.225 e. The fraction of sp³-hybridized carbons (Fsp3) is 0.944. The molecule has 0 heterocycles. The predicted molar refractivity (Wildman–Crippen MR) is 186 cm³/mol. The lowest BCUT2D eigenvalue weighted by Gasteiger charge is -2.31. The van der Waals surface area contributed by atoms with Crippen LogP contribution in [0.15, 0.2) is 0 Å². The van der Waals surface area contributed by atoms with E-state index in [1.54, 1.807) is 0 Å². The van der Waals surface area contributed by atoms with E-state index >= 15 is 0 Å². The fourth-order valence-corrected chi connectivity index (χ4v) is 4.31. The molecule has 0 spiro atoms. The first-order valence-corrected chi connectivity index (χ1v) is 17.2. The molecule has 9 nitrogen and oxygen atoms in total. The average molecular weight is 644 g/mol. The topological polar surface area (TPSA) is 107 Å². The second-order valence-electron chi connectivity index (χ2n) is 16.4. The van der Waals surface area contributed by atoms with Crippen LogP contribution in [0, 0.1) is 10.8 Å². The Hall–Kier alpha value is -1.26. The molecule has 0 fully saturated rings. The molecule has 0 radical (unpaired) electrons. The largest absolute Gasteiger partial charge is 0.381 e. The Bertz CT molecular complexity index is 852. The lowest BCUT2D eigenvalue weighted by atomic mass is 9.88. The first-order valence-electron chi connectivity index (χ1n) is 17.2. The van der Waals surface area contributed by atoms with Crippen molar-refractivity contribution in [1.29, 1.82) is 0 Å². The van der Waals surface area contributed by atoms with E-state index in [1.165, 1.54) is 0 Å². The fourth-order valence-electron chi connectivity index (χ4n) is 4.31. The molecule has 9 heteroatoms. The molecule has 0 aromatic rings. The van der Waals surface area contributed by atoms with Crippen molar-refractivity contribution < 1.29 is 28.5 Å². The van der Waals surface area contributed by atoms with Gasteiger partial charge >= 0.3 is 0 Å². The summed E-state index contributed by atoms with van der Waals surface area (Å²) in [5.74, 6) is 0.0295. The number of hydrogen-bond donors (Lipinski definition) is 3. The number of amides is 2. The van der Waals surface area contributed by atoms with Gasteiger partial charge in [-0.3, -0.25) is 9.59 Å². The summed E-state index contributed by atoms with van der Waals surface area (Å²) >= 11 is 0. The zero-order valence-corrected chi connectivity index (χ0v) is 31.8. The summed E-state index contributed by atoms with van der Waals surface area (Å²) in [5, 5.41) is 9.47. The Morgan fingerprint density at radius 3 is 1.27 bits per heavy atom. The quantitative estimate of drug-likeness (QED) is 0.0934. The Morgan fingerprint density at radius 2 is 0.889 bits per heavy atom. The molecule has 0 saturated carbocycles. The monoisotopic (exact) mass is 644 g/mol. The maximum Gasteiger partial charge on any atom is 0.225 e. The third kappa shape index (κ3) is 20.6. The molecule has 0 saturated heterocycles. The van der Waals surface area contributed by atoms with E-state index in [9.17, 15) is 9.59 Å². The van der Waals surface area contributed by atoms with Crippen LogP contribution in [0.5, 0.6) is 0 Å². The van der Waals surface area contributed by atoms with E-state index in [2.05, 4.69) is 64.4 Å². The third-order valence-electron chi connectivity index (χ3n) is 8.79. The summed E-state index contributed by atoms with van der Waals surface area (Å²) in [5.41, 5.74) is -2.09. The van der Waals surface area contributed by atoms with E-state index in [-0.39, 0.29) is 28.6 Å². The van der Waals surface area contributed by atoms with Crippen LogP contribution in [0.1, 0.15) is 135 Å². The molecule has 0 aromatic carbocycles. The van der Waals surface area contributed by atoms with Crippen LogP contribution in [0.4, 0.5) is 0 Å². The van der Waals surface area contributed by atoms with Gasteiger partial charge in [0, 0.05) is 62.5 Å². The zero-order valence-electron chi connectivity index (χ0n) is 31.8. The van der Waals surface area contributed by atoms with Crippen molar-refractivity contribution >= 4 is 11.8 Å². The third-order valence-corrected chi connectivity index (χ3v) is 8.79. The summed E-state index contributed by atoms with van der Waals surface area (Å²) in [7, 11) is 1.96. The van der Waals surface area contributed by atoms with Gasteiger partial charge in [0.1, 0.15) is 0 Å². The number of nitrogens with one attached hydrogen (secondary N) is 3. The van der Waals surface area contributed by atoms with Crippen LogP contribution in [-0.2, 0) is 28.5 Å². The van der Waals surface area contributed by atoms with Gasteiger partial charge in [0.2, 0.25) is 11.8 Å². The molecule has 0 aromatic heterocycles. The molecule has 3 N–H and O–H groups in total. The Balaban J connectivity index is 4.44. The molecular weight excluding hydrogens is 570 g/mol. The van der Waals surface area contributed by atoms with Gasteiger partial charge in [-0.05, 0) is 107 Å². The van der Waals surface area contributed by atoms with Crippen molar-refractivity contribution in [2.45, 2.75) is 157 Å². The molecule has 0 aliphatic rings. The van der Waals surface area contributed by atoms with Gasteiger partial charge in [0.15, 0.2) is 0 Å². The standard InChI is InChI=1S/C36H73N3O6/c1-15-24-42-25-21-36(12,13)44-27-19-32(4,5)30(41)38-22-16-34(8,9)43-26-18-31(2,3)29(40)39-23-17-35(10,11)45-28-20-33(6,7)37-14/h37H,15-28H2,1-14H3,(H,38,41)(H,39,40). The predicted octanol–water partition coefficient (Wildman–Crippen LogP) is 6.42. The van der Waals surface area contributed by atoms with Crippen molar-refractivity contribution in [2.24, 2.45) is 10.8 Å². The molecular formula is C36H73N3O6. The van der Waals surface area contributed by atoms with E-state index in [0.717, 1.165) is 32.3 Å². The summed E-state index contributed by atoms with van der Waals surface area (Å²) in [6.45, 7) is 30.7. The number of carbonyl (C=O) groups excluding carboxylic acids is 2. The highest BCUT2D eigenvalue weighted by Gasteiger charge is 2.31. The van der Waals surface area contributed by atoms with Crippen molar-refractivity contribution in [2.75, 3.05) is 53.2 Å². The van der Waals surface area contributed by atoms with Crippen LogP contribution in [0.3, 0.4) is 0 Å². The molecule has 0 aliphatic carbocycles. The molecule has 0 unspecified atom stereocenters. The van der Waals surface area contributed by atoms with Gasteiger partial charge in [0.05, 0.1) is 16.8 Å². The minimum absolute atomic E-state index is 0.0131. The normalized spacial score (nSPS) is 13.6. The average Bonchev–Trinajstić information content (AvgIpc) is 2.90. The molecule has 268 valence electrons. The zero-order chi connectivity index (χ0) is 35.0. The van der Waals surface area contributed by atoms with Gasteiger partial charge in [-0.1, -0.05) is 34.6 Å². The van der Waals surface area contributed by atoms with Crippen LogP contribution in [-0.4, -0.2) is 87.3 Å². The minimum Gasteiger partial charge on any atom is -0.381 e. The van der Waals surface area contributed by atoms with Crippen molar-refractivity contribution in [3.8, 4) is 0 Å². The number of rotatable bonds is 26. The lowest BCUT2D eigenvalue weighted by molar-refractivity contribution is -0.133. The van der Waals surface area contributed by atoms with E-state index in [4.69, 9.17) is 18.9 Å². The molecule has 2 amide bonds. The Labute approximate surface area is 277 Å². The van der Waals surface area contributed by atoms with Gasteiger partial charge in [0.25, 0.3) is 0 Å². The molecule has 0 bridgehead atoms. The van der Waals surface area contributed by atoms with Crippen molar-refractivity contribution in [1.82, 2.24) is 16.0 Å². The number of hydrogen-bond acceptors (Lipinski definition) is 7. The molecule has 0 atom stereocenters. The van der Waals surface area contributed by atoms with E-state index < -0.39 is 16.4 Å². The van der Waals surface area contributed by atoms with E-state index in [0.29, 0.717) is 58.8 Å². The maximum absolute atomic E-state index is 13.0. The Kier molecular flexibility index (Phi) is 19.0. The van der Waals surface area contributed by atoms with Crippen molar-refractivity contribution in [3.63, 3.8) is 0 Å². The number of ether oxygens (including phenoxy) is 4. The van der Waals surface area contributed by atoms with E-state index in [1.807, 2.05) is 48.6 Å². The molecule has 0 rings (SSSR count). The first-order chi connectivity index (χ1) is 20.5. The van der Waals surface area contributed by atoms with Gasteiger partial charge in [-0.25, -0.2) is 0 Å². The SMILES string of the molecule is CCCOCCC(C)(C)OCCC(C)(C)C(=O)NCCC(C)(C)OCCC(C)(C)C(=O)NCCC(C)(C)OCCC(C)(C)NC. The van der Waals surface area contributed by atoms with Crippen molar-refractivity contribution in [3.05, 3.63) is 0 Å². The summed E-state index contributed by atoms with van der Waals surface area (Å²) in [6.07, 6.45) is 5.38. The van der Waals surface area contributed by atoms with Gasteiger partial charge in [-0.15, -0.1) is 0 Å². The molecule has 0 aliphatic heterocycles.